The SMILES string of the molecule is CCS(=O)(=O)C1CSCCN1C(=O)c1ccc(O)c(C)c1. The quantitative estimate of drug-likeness (QED) is 0.913. The largest absolute Gasteiger partial charge is 0.508 e. The van der Waals surface area contributed by atoms with Crippen molar-refractivity contribution in [3.05, 3.63) is 29.3 Å². The summed E-state index contributed by atoms with van der Waals surface area (Å²) in [7, 11) is -3.31. The fraction of sp³-hybridized carbons (Fsp3) is 0.500. The predicted molar refractivity (Wildman–Crippen MR) is 84.5 cm³/mol. The molecule has 1 aliphatic heterocycles. The van der Waals surface area contributed by atoms with Crippen molar-refractivity contribution in [1.29, 1.82) is 0 Å². The lowest BCUT2D eigenvalue weighted by atomic mass is 10.1. The topological polar surface area (TPSA) is 74.7 Å². The van der Waals surface area contributed by atoms with Gasteiger partial charge in [-0.3, -0.25) is 4.79 Å². The summed E-state index contributed by atoms with van der Waals surface area (Å²) in [6.07, 6.45) is 0. The van der Waals surface area contributed by atoms with Gasteiger partial charge >= 0.3 is 0 Å². The molecule has 5 nitrogen and oxygen atoms in total. The summed E-state index contributed by atoms with van der Waals surface area (Å²) in [5.74, 6) is 1.01. The van der Waals surface area contributed by atoms with Gasteiger partial charge in [-0.2, -0.15) is 11.8 Å². The van der Waals surface area contributed by atoms with E-state index in [0.29, 0.717) is 23.4 Å². The van der Waals surface area contributed by atoms with Crippen LogP contribution in [0.3, 0.4) is 0 Å². The Morgan fingerprint density at radius 1 is 1.48 bits per heavy atom. The van der Waals surface area contributed by atoms with Crippen LogP contribution in [0.5, 0.6) is 5.75 Å². The van der Waals surface area contributed by atoms with Crippen molar-refractivity contribution in [2.75, 3.05) is 23.8 Å². The van der Waals surface area contributed by atoms with Crippen LogP contribution in [0.15, 0.2) is 18.2 Å². The number of carbonyl (C=O) groups excluding carboxylic acids is 1. The van der Waals surface area contributed by atoms with E-state index in [1.165, 1.54) is 17.0 Å². The second kappa shape index (κ2) is 6.27. The third kappa shape index (κ3) is 3.35. The third-order valence-corrected chi connectivity index (χ3v) is 6.89. The first-order valence-corrected chi connectivity index (χ1v) is 9.63. The van der Waals surface area contributed by atoms with Gasteiger partial charge in [0.15, 0.2) is 9.84 Å². The van der Waals surface area contributed by atoms with Crippen molar-refractivity contribution in [3.63, 3.8) is 0 Å². The van der Waals surface area contributed by atoms with Gasteiger partial charge in [0.05, 0.1) is 0 Å². The number of rotatable bonds is 3. The summed E-state index contributed by atoms with van der Waals surface area (Å²) in [6, 6.07) is 4.58. The molecular weight excluding hydrogens is 310 g/mol. The fourth-order valence-corrected chi connectivity index (χ4v) is 5.22. The number of aryl methyl sites for hydroxylation is 1. The first-order valence-electron chi connectivity index (χ1n) is 6.76. The normalized spacial score (nSPS) is 19.5. The van der Waals surface area contributed by atoms with Gasteiger partial charge in [-0.05, 0) is 30.7 Å². The summed E-state index contributed by atoms with van der Waals surface area (Å²) < 4.78 is 24.3. The predicted octanol–water partition coefficient (Wildman–Crippen LogP) is 1.65. The van der Waals surface area contributed by atoms with E-state index in [1.807, 2.05) is 0 Å². The maximum Gasteiger partial charge on any atom is 0.254 e. The Labute approximate surface area is 129 Å². The van der Waals surface area contributed by atoms with E-state index in [4.69, 9.17) is 0 Å². The highest BCUT2D eigenvalue weighted by Gasteiger charge is 2.36. The smallest absolute Gasteiger partial charge is 0.254 e. The zero-order valence-corrected chi connectivity index (χ0v) is 13.7. The minimum absolute atomic E-state index is 0.0244. The number of amides is 1. The summed E-state index contributed by atoms with van der Waals surface area (Å²) in [6.45, 7) is 3.73. The standard InChI is InChI=1S/C14H19NO4S2/c1-3-21(18,19)13-9-20-7-6-15(13)14(17)11-4-5-12(16)10(2)8-11/h4-5,8,13,16H,3,6-7,9H2,1-2H3. The molecule has 21 heavy (non-hydrogen) atoms. The van der Waals surface area contributed by atoms with Crippen molar-refractivity contribution < 1.29 is 18.3 Å². The zero-order chi connectivity index (χ0) is 15.6. The monoisotopic (exact) mass is 329 g/mol. The molecule has 1 unspecified atom stereocenters. The molecule has 0 spiro atoms. The number of phenols is 1. The Bertz CT molecular complexity index is 642. The highest BCUT2D eigenvalue weighted by molar-refractivity contribution is 8.01. The van der Waals surface area contributed by atoms with Crippen LogP contribution in [-0.2, 0) is 9.84 Å². The van der Waals surface area contributed by atoms with Crippen molar-refractivity contribution in [2.24, 2.45) is 0 Å². The van der Waals surface area contributed by atoms with Crippen LogP contribution < -0.4 is 0 Å². The Morgan fingerprint density at radius 2 is 2.19 bits per heavy atom. The molecule has 0 radical (unpaired) electrons. The van der Waals surface area contributed by atoms with Crippen LogP contribution in [-0.4, -0.2) is 53.5 Å². The number of hydrogen-bond acceptors (Lipinski definition) is 5. The van der Waals surface area contributed by atoms with Crippen molar-refractivity contribution in [1.82, 2.24) is 4.90 Å². The average Bonchev–Trinajstić information content (AvgIpc) is 2.49. The van der Waals surface area contributed by atoms with E-state index in [2.05, 4.69) is 0 Å². The van der Waals surface area contributed by atoms with Gasteiger partial charge in [-0.25, -0.2) is 8.42 Å². The molecule has 1 fully saturated rings. The van der Waals surface area contributed by atoms with E-state index in [0.717, 1.165) is 5.75 Å². The van der Waals surface area contributed by atoms with Crippen molar-refractivity contribution in [2.45, 2.75) is 19.2 Å². The minimum atomic E-state index is -3.31. The van der Waals surface area contributed by atoms with Crippen molar-refractivity contribution in [3.8, 4) is 5.75 Å². The highest BCUT2D eigenvalue weighted by atomic mass is 32.2. The molecule has 0 aliphatic carbocycles. The number of aromatic hydroxyl groups is 1. The van der Waals surface area contributed by atoms with Gasteiger partial charge < -0.3 is 10.0 Å². The molecule has 1 atom stereocenters. The van der Waals surface area contributed by atoms with Crippen LogP contribution in [0.25, 0.3) is 0 Å². The number of hydrogen-bond donors (Lipinski definition) is 1. The molecule has 1 amide bonds. The number of thioether (sulfide) groups is 1. The summed E-state index contributed by atoms with van der Waals surface area (Å²) in [4.78, 5) is 14.1. The molecular formula is C14H19NO4S2. The number of phenolic OH excluding ortho intramolecular Hbond substituents is 1. The fourth-order valence-electron chi connectivity index (χ4n) is 2.26. The maximum atomic E-state index is 12.6. The highest BCUT2D eigenvalue weighted by Crippen LogP contribution is 2.25. The van der Waals surface area contributed by atoms with Crippen LogP contribution in [0.4, 0.5) is 0 Å². The number of nitrogens with zero attached hydrogens (tertiary/aromatic N) is 1. The van der Waals surface area contributed by atoms with Crippen molar-refractivity contribution >= 4 is 27.5 Å². The van der Waals surface area contributed by atoms with Gasteiger partial charge in [0.1, 0.15) is 11.1 Å². The van der Waals surface area contributed by atoms with Crippen LogP contribution >= 0.6 is 11.8 Å². The summed E-state index contributed by atoms with van der Waals surface area (Å²) in [5, 5.41) is 8.77. The van der Waals surface area contributed by atoms with E-state index in [1.54, 1.807) is 31.7 Å². The lowest BCUT2D eigenvalue weighted by Gasteiger charge is -2.34. The van der Waals surface area contributed by atoms with Gasteiger partial charge in [0.25, 0.3) is 5.91 Å². The van der Waals surface area contributed by atoms with Crippen LogP contribution in [0.2, 0.25) is 0 Å². The first-order chi connectivity index (χ1) is 9.86. The molecule has 2 rings (SSSR count). The molecule has 0 saturated carbocycles. The molecule has 1 aromatic carbocycles. The molecule has 1 aromatic rings. The molecule has 1 N–H and O–H groups in total. The number of carbonyl (C=O) groups is 1. The Hall–Kier alpha value is -1.21. The lowest BCUT2D eigenvalue weighted by Crippen LogP contribution is -2.50. The first kappa shape index (κ1) is 16.2. The second-order valence-electron chi connectivity index (χ2n) is 4.98. The molecule has 0 bridgehead atoms. The molecule has 116 valence electrons. The maximum absolute atomic E-state index is 12.6. The molecule has 1 heterocycles. The molecule has 1 saturated heterocycles. The van der Waals surface area contributed by atoms with Gasteiger partial charge in [-0.1, -0.05) is 6.92 Å². The van der Waals surface area contributed by atoms with Crippen LogP contribution in [0.1, 0.15) is 22.8 Å². The van der Waals surface area contributed by atoms with E-state index in [-0.39, 0.29) is 17.4 Å². The van der Waals surface area contributed by atoms with Gasteiger partial charge in [0, 0.05) is 29.4 Å². The third-order valence-electron chi connectivity index (χ3n) is 3.61. The van der Waals surface area contributed by atoms with E-state index < -0.39 is 15.2 Å². The Morgan fingerprint density at radius 3 is 2.81 bits per heavy atom. The summed E-state index contributed by atoms with van der Waals surface area (Å²) >= 11 is 1.55. The number of benzene rings is 1. The summed E-state index contributed by atoms with van der Waals surface area (Å²) in [5.41, 5.74) is 1.01. The van der Waals surface area contributed by atoms with E-state index in [9.17, 15) is 18.3 Å². The average molecular weight is 329 g/mol. The van der Waals surface area contributed by atoms with E-state index >= 15 is 0 Å². The van der Waals surface area contributed by atoms with Crippen LogP contribution in [0, 0.1) is 6.92 Å². The lowest BCUT2D eigenvalue weighted by molar-refractivity contribution is 0.0749. The van der Waals surface area contributed by atoms with Gasteiger partial charge in [-0.15, -0.1) is 0 Å². The second-order valence-corrected chi connectivity index (χ2v) is 8.58. The molecule has 1 aliphatic rings. The molecule has 7 heteroatoms. The minimum Gasteiger partial charge on any atom is -0.508 e. The van der Waals surface area contributed by atoms with Gasteiger partial charge in [0.2, 0.25) is 0 Å². The number of sulfone groups is 1. The Balaban J connectivity index is 2.33. The zero-order valence-electron chi connectivity index (χ0n) is 12.1. The Kier molecular flexibility index (Phi) is 4.83. The molecule has 0 aromatic heterocycles.